The van der Waals surface area contributed by atoms with Crippen LogP contribution in [0.5, 0.6) is 17.2 Å². The minimum absolute atomic E-state index is 0.146. The third-order valence-corrected chi connectivity index (χ3v) is 4.97. The molecular weight excluding hydrogens is 401 g/mol. The van der Waals surface area contributed by atoms with E-state index in [0.29, 0.717) is 28.2 Å². The summed E-state index contributed by atoms with van der Waals surface area (Å²) in [6.45, 7) is -0.522. The molecule has 8 heteroatoms. The van der Waals surface area contributed by atoms with Crippen LogP contribution in [0.1, 0.15) is 28.0 Å². The molecule has 0 aliphatic heterocycles. The summed E-state index contributed by atoms with van der Waals surface area (Å²) in [6, 6.07) is 12.0. The molecule has 2 aromatic carbocycles. The second-order valence-electron chi connectivity index (χ2n) is 6.94. The summed E-state index contributed by atoms with van der Waals surface area (Å²) in [7, 11) is 1.46. The number of rotatable bonds is 7. The van der Waals surface area contributed by atoms with E-state index in [1.165, 1.54) is 11.7 Å². The molecule has 2 aromatic heterocycles. The van der Waals surface area contributed by atoms with Gasteiger partial charge < -0.3 is 15.2 Å². The molecule has 7 nitrogen and oxygen atoms in total. The molecule has 0 spiro atoms. The molecule has 4 rings (SSSR count). The smallest absolute Gasteiger partial charge is 0.252 e. The van der Waals surface area contributed by atoms with E-state index in [0.717, 1.165) is 10.9 Å². The predicted octanol–water partition coefficient (Wildman–Crippen LogP) is 4.48. The Hall–Kier alpha value is -3.94. The molecule has 0 saturated carbocycles. The standard InChI is InChI=1S/C23H20FN3O4/c1-30-21-13-18-16(12-17(21)23(25)29)20(6-9-26-18)31-15-4-5-19-14(11-15)7-10-27(19)22(28)3-2-8-24/h4-7,9-13H,2-3,8H2,1H3,(H2,25,29). The lowest BCUT2D eigenvalue weighted by Gasteiger charge is -2.12. The first kappa shape index (κ1) is 20.3. The molecule has 2 N–H and O–H groups in total. The van der Waals surface area contributed by atoms with Gasteiger partial charge in [-0.25, -0.2) is 0 Å². The molecule has 0 radical (unpaired) electrons. The van der Waals surface area contributed by atoms with E-state index < -0.39 is 12.6 Å². The number of nitrogens with zero attached hydrogens (tertiary/aromatic N) is 2. The molecule has 0 fully saturated rings. The van der Waals surface area contributed by atoms with Crippen LogP contribution in [0.3, 0.4) is 0 Å². The summed E-state index contributed by atoms with van der Waals surface area (Å²) in [4.78, 5) is 28.4. The van der Waals surface area contributed by atoms with Gasteiger partial charge in [-0.3, -0.25) is 23.5 Å². The van der Waals surface area contributed by atoms with Gasteiger partial charge in [-0.15, -0.1) is 0 Å². The second kappa shape index (κ2) is 8.43. The van der Waals surface area contributed by atoms with Gasteiger partial charge in [0.05, 0.1) is 30.4 Å². The number of primary amides is 1. The molecule has 2 heterocycles. The number of halogens is 1. The Kier molecular flexibility index (Phi) is 5.53. The monoisotopic (exact) mass is 421 g/mol. The van der Waals surface area contributed by atoms with E-state index >= 15 is 0 Å². The van der Waals surface area contributed by atoms with Gasteiger partial charge in [-0.2, -0.15) is 0 Å². The fourth-order valence-electron chi connectivity index (χ4n) is 3.47. The Bertz CT molecular complexity index is 1300. The number of amides is 1. The van der Waals surface area contributed by atoms with Crippen LogP contribution < -0.4 is 15.2 Å². The van der Waals surface area contributed by atoms with Crippen molar-refractivity contribution in [3.8, 4) is 17.2 Å². The largest absolute Gasteiger partial charge is 0.496 e. The van der Waals surface area contributed by atoms with Crippen LogP contribution >= 0.6 is 0 Å². The van der Waals surface area contributed by atoms with Crippen molar-refractivity contribution in [2.45, 2.75) is 12.8 Å². The zero-order valence-electron chi connectivity index (χ0n) is 16.8. The summed E-state index contributed by atoms with van der Waals surface area (Å²) in [5, 5.41) is 1.42. The number of carbonyl (C=O) groups is 2. The van der Waals surface area contributed by atoms with Gasteiger partial charge in [0, 0.05) is 35.7 Å². The lowest BCUT2D eigenvalue weighted by Crippen LogP contribution is -2.12. The van der Waals surface area contributed by atoms with Gasteiger partial charge >= 0.3 is 0 Å². The maximum atomic E-state index is 12.4. The van der Waals surface area contributed by atoms with Gasteiger partial charge in [0.25, 0.3) is 5.91 Å². The third kappa shape index (κ3) is 3.92. The highest BCUT2D eigenvalue weighted by atomic mass is 19.1. The quantitative estimate of drug-likeness (QED) is 0.475. The average Bonchev–Trinajstić information content (AvgIpc) is 3.20. The summed E-state index contributed by atoms with van der Waals surface area (Å²) in [6.07, 6.45) is 3.61. The fraction of sp³-hybridized carbons (Fsp3) is 0.174. The zero-order valence-corrected chi connectivity index (χ0v) is 16.8. The van der Waals surface area contributed by atoms with Gasteiger partial charge in [-0.05, 0) is 42.8 Å². The van der Waals surface area contributed by atoms with Crippen molar-refractivity contribution in [2.24, 2.45) is 5.73 Å². The number of ether oxygens (including phenoxy) is 2. The molecule has 0 atom stereocenters. The summed E-state index contributed by atoms with van der Waals surface area (Å²) in [5.74, 6) is 0.603. The van der Waals surface area contributed by atoms with Crippen molar-refractivity contribution in [3.63, 3.8) is 0 Å². The molecule has 1 amide bonds. The Balaban J connectivity index is 1.69. The molecule has 4 aromatic rings. The van der Waals surface area contributed by atoms with Crippen molar-refractivity contribution < 1.29 is 23.5 Å². The van der Waals surface area contributed by atoms with Crippen LogP contribution in [-0.4, -0.2) is 35.1 Å². The average molecular weight is 421 g/mol. The van der Waals surface area contributed by atoms with Crippen LogP contribution in [0.15, 0.2) is 54.9 Å². The summed E-state index contributed by atoms with van der Waals surface area (Å²) < 4.78 is 25.2. The van der Waals surface area contributed by atoms with E-state index in [9.17, 15) is 14.0 Å². The van der Waals surface area contributed by atoms with Crippen molar-refractivity contribution in [3.05, 3.63) is 60.4 Å². The number of hydrogen-bond acceptors (Lipinski definition) is 5. The van der Waals surface area contributed by atoms with E-state index in [2.05, 4.69) is 4.98 Å². The van der Waals surface area contributed by atoms with Crippen LogP contribution in [-0.2, 0) is 0 Å². The highest BCUT2D eigenvalue weighted by molar-refractivity contribution is 6.01. The van der Waals surface area contributed by atoms with E-state index in [-0.39, 0.29) is 24.3 Å². The van der Waals surface area contributed by atoms with Crippen LogP contribution in [0.25, 0.3) is 21.8 Å². The molecule has 0 bridgehead atoms. The maximum absolute atomic E-state index is 12.4. The van der Waals surface area contributed by atoms with Crippen molar-refractivity contribution in [1.82, 2.24) is 9.55 Å². The van der Waals surface area contributed by atoms with E-state index in [1.54, 1.807) is 54.9 Å². The highest BCUT2D eigenvalue weighted by Crippen LogP contribution is 2.34. The molecule has 158 valence electrons. The number of pyridine rings is 1. The van der Waals surface area contributed by atoms with Crippen molar-refractivity contribution >= 4 is 33.6 Å². The SMILES string of the molecule is COc1cc2nccc(Oc3ccc4c(ccn4C(=O)CCCF)c3)c2cc1C(N)=O. The zero-order chi connectivity index (χ0) is 22.0. The van der Waals surface area contributed by atoms with Gasteiger partial charge in [0.2, 0.25) is 5.91 Å². The number of methoxy groups -OCH3 is 1. The lowest BCUT2D eigenvalue weighted by molar-refractivity contribution is 0.0901. The first-order chi connectivity index (χ1) is 15.0. The molecule has 0 saturated heterocycles. The highest BCUT2D eigenvalue weighted by Gasteiger charge is 2.15. The normalized spacial score (nSPS) is 11.0. The molecule has 0 unspecified atom stereocenters. The first-order valence-electron chi connectivity index (χ1n) is 9.66. The Morgan fingerprint density at radius 3 is 2.71 bits per heavy atom. The Morgan fingerprint density at radius 2 is 1.97 bits per heavy atom. The molecular formula is C23H20FN3O4. The van der Waals surface area contributed by atoms with Crippen LogP contribution in [0.2, 0.25) is 0 Å². The molecule has 0 aliphatic rings. The lowest BCUT2D eigenvalue weighted by atomic mass is 10.1. The molecule has 0 aliphatic carbocycles. The third-order valence-electron chi connectivity index (χ3n) is 4.97. The van der Waals surface area contributed by atoms with Crippen LogP contribution in [0.4, 0.5) is 4.39 Å². The fourth-order valence-corrected chi connectivity index (χ4v) is 3.47. The first-order valence-corrected chi connectivity index (χ1v) is 9.66. The number of nitrogens with two attached hydrogens (primary N) is 1. The second-order valence-corrected chi connectivity index (χ2v) is 6.94. The minimum atomic E-state index is -0.617. The predicted molar refractivity (Wildman–Crippen MR) is 115 cm³/mol. The van der Waals surface area contributed by atoms with Gasteiger partial charge in [-0.1, -0.05) is 0 Å². The minimum Gasteiger partial charge on any atom is -0.496 e. The number of benzene rings is 2. The topological polar surface area (TPSA) is 96.4 Å². The Morgan fingerprint density at radius 1 is 1.13 bits per heavy atom. The van der Waals surface area contributed by atoms with Crippen molar-refractivity contribution in [1.29, 1.82) is 0 Å². The summed E-state index contributed by atoms with van der Waals surface area (Å²) in [5.41, 5.74) is 7.01. The van der Waals surface area contributed by atoms with E-state index in [1.807, 2.05) is 0 Å². The van der Waals surface area contributed by atoms with Crippen LogP contribution in [0, 0.1) is 0 Å². The number of fused-ring (bicyclic) bond motifs is 2. The Labute approximate surface area is 177 Å². The number of aromatic nitrogens is 2. The summed E-state index contributed by atoms with van der Waals surface area (Å²) >= 11 is 0. The van der Waals surface area contributed by atoms with E-state index in [4.69, 9.17) is 15.2 Å². The number of carbonyl (C=O) groups excluding carboxylic acids is 2. The van der Waals surface area contributed by atoms with Gasteiger partial charge in [0.1, 0.15) is 17.2 Å². The number of hydrogen-bond donors (Lipinski definition) is 1. The van der Waals surface area contributed by atoms with Gasteiger partial charge in [0.15, 0.2) is 0 Å². The van der Waals surface area contributed by atoms with Crippen molar-refractivity contribution in [2.75, 3.05) is 13.8 Å². The maximum Gasteiger partial charge on any atom is 0.252 e. The molecule has 31 heavy (non-hydrogen) atoms. The number of alkyl halides is 1.